The summed E-state index contributed by atoms with van der Waals surface area (Å²) in [5.74, 6) is -0.383. The number of nitrogens with one attached hydrogen (secondary N) is 1. The van der Waals surface area contributed by atoms with Crippen molar-refractivity contribution < 1.29 is 13.9 Å². The normalized spacial score (nSPS) is 15.9. The van der Waals surface area contributed by atoms with E-state index in [2.05, 4.69) is 5.32 Å². The molecule has 2 aromatic rings. The van der Waals surface area contributed by atoms with Crippen LogP contribution in [0.2, 0.25) is 0 Å². The first kappa shape index (κ1) is 13.4. The molecule has 2 aromatic carbocycles. The van der Waals surface area contributed by atoms with Crippen molar-refractivity contribution in [2.75, 3.05) is 11.1 Å². The summed E-state index contributed by atoms with van der Waals surface area (Å²) in [6.07, 6.45) is -0.477. The lowest BCUT2D eigenvalue weighted by Gasteiger charge is -2.32. The molecular formula is C16H15FN2O2. The van der Waals surface area contributed by atoms with E-state index in [1.165, 1.54) is 12.1 Å². The maximum Gasteiger partial charge on any atom is 0.412 e. The minimum atomic E-state index is -0.744. The number of anilines is 2. The summed E-state index contributed by atoms with van der Waals surface area (Å²) in [5.41, 5.74) is 8.34. The maximum absolute atomic E-state index is 13.5. The Morgan fingerprint density at radius 3 is 2.62 bits per heavy atom. The zero-order valence-electron chi connectivity index (χ0n) is 11.7. The molecule has 1 heterocycles. The number of rotatable bonds is 1. The number of halogens is 1. The monoisotopic (exact) mass is 286 g/mol. The molecule has 4 nitrogen and oxygen atoms in total. The van der Waals surface area contributed by atoms with E-state index in [9.17, 15) is 9.18 Å². The minimum Gasteiger partial charge on any atom is -0.438 e. The lowest BCUT2D eigenvalue weighted by Crippen LogP contribution is -2.34. The van der Waals surface area contributed by atoms with Gasteiger partial charge in [0, 0.05) is 11.3 Å². The number of ether oxygens (including phenoxy) is 1. The number of amides is 1. The third-order valence-corrected chi connectivity index (χ3v) is 3.51. The summed E-state index contributed by atoms with van der Waals surface area (Å²) in [7, 11) is 0. The van der Waals surface area contributed by atoms with Crippen molar-refractivity contribution in [3.63, 3.8) is 0 Å². The fourth-order valence-corrected chi connectivity index (χ4v) is 2.53. The molecule has 5 heteroatoms. The van der Waals surface area contributed by atoms with Gasteiger partial charge < -0.3 is 10.5 Å². The summed E-state index contributed by atoms with van der Waals surface area (Å²) >= 11 is 0. The molecule has 0 aromatic heterocycles. The van der Waals surface area contributed by atoms with Gasteiger partial charge in [0.1, 0.15) is 11.4 Å². The Morgan fingerprint density at radius 2 is 1.90 bits per heavy atom. The van der Waals surface area contributed by atoms with Crippen LogP contribution in [0.4, 0.5) is 20.6 Å². The van der Waals surface area contributed by atoms with Gasteiger partial charge in [-0.15, -0.1) is 0 Å². The van der Waals surface area contributed by atoms with Crippen molar-refractivity contribution in [2.45, 2.75) is 19.4 Å². The summed E-state index contributed by atoms with van der Waals surface area (Å²) in [4.78, 5) is 11.5. The number of carbonyl (C=O) groups excluding carboxylic acids is 1. The Morgan fingerprint density at radius 1 is 1.14 bits per heavy atom. The Bertz CT molecular complexity index is 721. The largest absolute Gasteiger partial charge is 0.438 e. The molecule has 3 N–H and O–H groups in total. The molecule has 0 spiro atoms. The third-order valence-electron chi connectivity index (χ3n) is 3.51. The topological polar surface area (TPSA) is 64.3 Å². The fourth-order valence-electron chi connectivity index (χ4n) is 2.53. The predicted octanol–water partition coefficient (Wildman–Crippen LogP) is 3.87. The van der Waals surface area contributed by atoms with Crippen LogP contribution < -0.4 is 11.1 Å². The smallest absolute Gasteiger partial charge is 0.412 e. The molecule has 0 fully saturated rings. The van der Waals surface area contributed by atoms with Gasteiger partial charge in [-0.25, -0.2) is 9.18 Å². The van der Waals surface area contributed by atoms with Crippen LogP contribution in [0.1, 0.15) is 19.4 Å². The molecule has 108 valence electrons. The molecule has 3 rings (SSSR count). The number of hydrogen-bond acceptors (Lipinski definition) is 3. The van der Waals surface area contributed by atoms with Crippen molar-refractivity contribution in [2.24, 2.45) is 0 Å². The number of nitrogen functional groups attached to an aromatic ring is 1. The Hall–Kier alpha value is -2.56. The highest BCUT2D eigenvalue weighted by Crippen LogP contribution is 2.38. The highest BCUT2D eigenvalue weighted by Gasteiger charge is 2.33. The fraction of sp³-hybridized carbons (Fsp3) is 0.188. The molecule has 0 saturated carbocycles. The molecular weight excluding hydrogens is 271 g/mol. The number of nitrogens with two attached hydrogens (primary N) is 1. The van der Waals surface area contributed by atoms with Crippen LogP contribution in [0.25, 0.3) is 11.1 Å². The molecule has 1 aliphatic heterocycles. The average molecular weight is 286 g/mol. The quantitative estimate of drug-likeness (QED) is 0.782. The van der Waals surface area contributed by atoms with E-state index in [4.69, 9.17) is 10.5 Å². The highest BCUT2D eigenvalue weighted by atomic mass is 19.1. The van der Waals surface area contributed by atoms with Crippen LogP contribution in [0.5, 0.6) is 0 Å². The summed E-state index contributed by atoms with van der Waals surface area (Å²) in [6, 6.07) is 9.88. The van der Waals surface area contributed by atoms with E-state index in [1.54, 1.807) is 12.1 Å². The van der Waals surface area contributed by atoms with Gasteiger partial charge in [0.15, 0.2) is 0 Å². The van der Waals surface area contributed by atoms with E-state index < -0.39 is 11.7 Å². The predicted molar refractivity (Wildman–Crippen MR) is 79.4 cm³/mol. The van der Waals surface area contributed by atoms with E-state index in [-0.39, 0.29) is 5.82 Å². The second kappa shape index (κ2) is 4.48. The maximum atomic E-state index is 13.5. The standard InChI is InChI=1S/C16H15FN2O2/c1-16(2)13-7-9(3-4-14(13)19-15(20)21-16)10-5-11(17)8-12(18)6-10/h3-8H,18H2,1-2H3,(H,19,20). The molecule has 0 atom stereocenters. The first-order valence-corrected chi connectivity index (χ1v) is 6.56. The van der Waals surface area contributed by atoms with Crippen molar-refractivity contribution in [1.82, 2.24) is 0 Å². The highest BCUT2D eigenvalue weighted by molar-refractivity contribution is 5.89. The Balaban J connectivity index is 2.13. The van der Waals surface area contributed by atoms with Crippen LogP contribution in [0.15, 0.2) is 36.4 Å². The van der Waals surface area contributed by atoms with Crippen LogP contribution in [0.3, 0.4) is 0 Å². The molecule has 0 aliphatic carbocycles. The van der Waals surface area contributed by atoms with Crippen LogP contribution >= 0.6 is 0 Å². The lowest BCUT2D eigenvalue weighted by molar-refractivity contribution is 0.0421. The van der Waals surface area contributed by atoms with Crippen LogP contribution in [0, 0.1) is 5.82 Å². The van der Waals surface area contributed by atoms with E-state index in [0.29, 0.717) is 16.9 Å². The van der Waals surface area contributed by atoms with Crippen molar-refractivity contribution in [3.8, 4) is 11.1 Å². The third kappa shape index (κ3) is 2.42. The summed E-state index contributed by atoms with van der Waals surface area (Å²) in [5, 5.41) is 2.66. The molecule has 0 unspecified atom stereocenters. The van der Waals surface area contributed by atoms with Crippen LogP contribution in [-0.2, 0) is 10.3 Å². The van der Waals surface area contributed by atoms with Gasteiger partial charge in [-0.05, 0) is 55.3 Å². The lowest BCUT2D eigenvalue weighted by atomic mass is 9.91. The van der Waals surface area contributed by atoms with Crippen LogP contribution in [-0.4, -0.2) is 6.09 Å². The minimum absolute atomic E-state index is 0.367. The Labute approximate surface area is 121 Å². The van der Waals surface area contributed by atoms with Crippen molar-refractivity contribution in [1.29, 1.82) is 0 Å². The van der Waals surface area contributed by atoms with Crippen molar-refractivity contribution >= 4 is 17.5 Å². The first-order chi connectivity index (χ1) is 9.85. The van der Waals surface area contributed by atoms with Gasteiger partial charge in [0.25, 0.3) is 0 Å². The molecule has 21 heavy (non-hydrogen) atoms. The van der Waals surface area contributed by atoms with Gasteiger partial charge in [-0.1, -0.05) is 6.07 Å². The van der Waals surface area contributed by atoms with Gasteiger partial charge >= 0.3 is 6.09 Å². The second-order valence-corrected chi connectivity index (χ2v) is 5.56. The van der Waals surface area contributed by atoms with Gasteiger partial charge in [-0.3, -0.25) is 5.32 Å². The van der Waals surface area contributed by atoms with E-state index in [0.717, 1.165) is 11.1 Å². The molecule has 0 radical (unpaired) electrons. The van der Waals surface area contributed by atoms with Crippen molar-refractivity contribution in [3.05, 3.63) is 47.8 Å². The molecule has 1 aliphatic rings. The zero-order valence-corrected chi connectivity index (χ0v) is 11.7. The zero-order chi connectivity index (χ0) is 15.2. The SMILES string of the molecule is CC1(C)OC(=O)Nc2ccc(-c3cc(N)cc(F)c3)cc21. The van der Waals surface area contributed by atoms with E-state index >= 15 is 0 Å². The number of fused-ring (bicyclic) bond motifs is 1. The van der Waals surface area contributed by atoms with Gasteiger partial charge in [0.2, 0.25) is 0 Å². The molecule has 0 bridgehead atoms. The number of hydrogen-bond donors (Lipinski definition) is 2. The summed E-state index contributed by atoms with van der Waals surface area (Å²) in [6.45, 7) is 3.63. The molecule has 0 saturated heterocycles. The number of benzene rings is 2. The summed E-state index contributed by atoms with van der Waals surface area (Å²) < 4.78 is 18.8. The van der Waals surface area contributed by atoms with Gasteiger partial charge in [0.05, 0.1) is 5.69 Å². The number of cyclic esters (lactones) is 1. The second-order valence-electron chi connectivity index (χ2n) is 5.56. The van der Waals surface area contributed by atoms with Gasteiger partial charge in [-0.2, -0.15) is 0 Å². The van der Waals surface area contributed by atoms with E-state index in [1.807, 2.05) is 26.0 Å². The Kier molecular flexibility index (Phi) is 2.86. The molecule has 1 amide bonds. The average Bonchev–Trinajstić information content (AvgIpc) is 2.36. The first-order valence-electron chi connectivity index (χ1n) is 6.56. The number of carbonyl (C=O) groups is 1.